The highest BCUT2D eigenvalue weighted by Gasteiger charge is 2.17. The molecular formula is C12H26N2O. The minimum absolute atomic E-state index is 0.330. The first-order chi connectivity index (χ1) is 7.36. The number of rotatable bonds is 7. The highest BCUT2D eigenvalue weighted by Crippen LogP contribution is 2.10. The molecule has 15 heavy (non-hydrogen) atoms. The van der Waals surface area contributed by atoms with Crippen LogP contribution in [-0.4, -0.2) is 48.8 Å². The van der Waals surface area contributed by atoms with Crippen LogP contribution in [0.15, 0.2) is 0 Å². The molecule has 0 unspecified atom stereocenters. The maximum atomic E-state index is 8.66. The van der Waals surface area contributed by atoms with Gasteiger partial charge in [0.2, 0.25) is 0 Å². The Morgan fingerprint density at radius 1 is 1.27 bits per heavy atom. The van der Waals surface area contributed by atoms with Crippen molar-refractivity contribution < 1.29 is 5.11 Å². The largest absolute Gasteiger partial charge is 0.396 e. The lowest BCUT2D eigenvalue weighted by molar-refractivity contribution is 0.197. The number of nitrogens with one attached hydrogen (secondary N) is 1. The molecule has 3 nitrogen and oxygen atoms in total. The van der Waals surface area contributed by atoms with Crippen LogP contribution in [0.3, 0.4) is 0 Å². The second-order valence-corrected chi connectivity index (χ2v) is 4.50. The predicted molar refractivity (Wildman–Crippen MR) is 64.1 cm³/mol. The topological polar surface area (TPSA) is 35.5 Å². The fraction of sp³-hybridized carbons (Fsp3) is 1.00. The Hall–Kier alpha value is -0.120. The lowest BCUT2D eigenvalue weighted by Gasteiger charge is -2.32. The average molecular weight is 214 g/mol. The lowest BCUT2D eigenvalue weighted by Crippen LogP contribution is -2.42. The predicted octanol–water partition coefficient (Wildman–Crippen LogP) is 1.22. The Morgan fingerprint density at radius 2 is 2.00 bits per heavy atom. The van der Waals surface area contributed by atoms with Gasteiger partial charge in [-0.1, -0.05) is 6.92 Å². The van der Waals surface area contributed by atoms with E-state index in [9.17, 15) is 0 Å². The van der Waals surface area contributed by atoms with E-state index in [-0.39, 0.29) is 0 Å². The molecule has 0 aromatic rings. The quantitative estimate of drug-likeness (QED) is 0.626. The van der Waals surface area contributed by atoms with Crippen LogP contribution in [0.1, 0.15) is 39.0 Å². The molecule has 1 fully saturated rings. The summed E-state index contributed by atoms with van der Waals surface area (Å²) in [4.78, 5) is 2.56. The summed E-state index contributed by atoms with van der Waals surface area (Å²) in [6, 6.07) is 0.719. The van der Waals surface area contributed by atoms with Crippen molar-refractivity contribution in [2.45, 2.75) is 45.1 Å². The second kappa shape index (κ2) is 8.08. The molecule has 3 heteroatoms. The van der Waals surface area contributed by atoms with Crippen molar-refractivity contribution in [3.05, 3.63) is 0 Å². The van der Waals surface area contributed by atoms with E-state index in [0.717, 1.165) is 25.4 Å². The molecule has 0 aromatic carbocycles. The molecule has 1 heterocycles. The van der Waals surface area contributed by atoms with Gasteiger partial charge in [0.25, 0.3) is 0 Å². The monoisotopic (exact) mass is 214 g/mol. The molecule has 1 aliphatic heterocycles. The van der Waals surface area contributed by atoms with Gasteiger partial charge in [0.15, 0.2) is 0 Å². The summed E-state index contributed by atoms with van der Waals surface area (Å²) in [6.07, 6.45) is 5.89. The van der Waals surface area contributed by atoms with Gasteiger partial charge in [0.05, 0.1) is 0 Å². The summed E-state index contributed by atoms with van der Waals surface area (Å²) in [7, 11) is 0. The van der Waals surface area contributed by atoms with Gasteiger partial charge in [-0.25, -0.2) is 0 Å². The minimum Gasteiger partial charge on any atom is -0.396 e. The third-order valence-corrected chi connectivity index (χ3v) is 3.15. The first-order valence-corrected chi connectivity index (χ1v) is 6.43. The van der Waals surface area contributed by atoms with E-state index < -0.39 is 0 Å². The molecule has 0 aromatic heterocycles. The van der Waals surface area contributed by atoms with Gasteiger partial charge in [0, 0.05) is 12.6 Å². The summed E-state index contributed by atoms with van der Waals surface area (Å²) in [6.45, 7) is 7.42. The highest BCUT2D eigenvalue weighted by atomic mass is 16.2. The Kier molecular flexibility index (Phi) is 6.98. The molecule has 1 saturated heterocycles. The lowest BCUT2D eigenvalue weighted by atomic mass is 10.0. The van der Waals surface area contributed by atoms with Crippen LogP contribution in [0.5, 0.6) is 0 Å². The molecule has 0 spiro atoms. The molecule has 1 rings (SSSR count). The van der Waals surface area contributed by atoms with Crippen molar-refractivity contribution in [3.63, 3.8) is 0 Å². The van der Waals surface area contributed by atoms with Crippen LogP contribution in [0.2, 0.25) is 0 Å². The Labute approximate surface area is 93.9 Å². The normalized spacial score (nSPS) is 19.6. The first kappa shape index (κ1) is 12.9. The zero-order valence-electron chi connectivity index (χ0n) is 10.0. The zero-order chi connectivity index (χ0) is 10.9. The average Bonchev–Trinajstić information content (AvgIpc) is 2.27. The van der Waals surface area contributed by atoms with E-state index in [1.54, 1.807) is 0 Å². The summed E-state index contributed by atoms with van der Waals surface area (Å²) < 4.78 is 0. The van der Waals surface area contributed by atoms with E-state index in [0.29, 0.717) is 6.61 Å². The summed E-state index contributed by atoms with van der Waals surface area (Å²) in [5, 5.41) is 12.2. The van der Waals surface area contributed by atoms with Crippen molar-refractivity contribution >= 4 is 0 Å². The second-order valence-electron chi connectivity index (χ2n) is 4.50. The fourth-order valence-electron chi connectivity index (χ4n) is 2.22. The van der Waals surface area contributed by atoms with Crippen molar-refractivity contribution in [3.8, 4) is 0 Å². The van der Waals surface area contributed by atoms with E-state index in [1.807, 2.05) is 0 Å². The van der Waals surface area contributed by atoms with Crippen LogP contribution >= 0.6 is 0 Å². The summed E-state index contributed by atoms with van der Waals surface area (Å²) in [5.41, 5.74) is 0. The first-order valence-electron chi connectivity index (χ1n) is 6.43. The summed E-state index contributed by atoms with van der Waals surface area (Å²) >= 11 is 0. The number of aliphatic hydroxyl groups excluding tert-OH is 1. The number of hydrogen-bond donors (Lipinski definition) is 2. The van der Waals surface area contributed by atoms with Gasteiger partial charge in [-0.3, -0.25) is 0 Å². The van der Waals surface area contributed by atoms with E-state index in [2.05, 4.69) is 17.1 Å². The van der Waals surface area contributed by atoms with Crippen LogP contribution in [-0.2, 0) is 0 Å². The third-order valence-electron chi connectivity index (χ3n) is 3.15. The minimum atomic E-state index is 0.330. The maximum absolute atomic E-state index is 8.66. The number of likely N-dealkylation sites (tertiary alicyclic amines) is 1. The van der Waals surface area contributed by atoms with Crippen LogP contribution in [0.4, 0.5) is 0 Å². The van der Waals surface area contributed by atoms with E-state index in [4.69, 9.17) is 5.11 Å². The van der Waals surface area contributed by atoms with Crippen molar-refractivity contribution in [1.82, 2.24) is 10.2 Å². The molecule has 0 radical (unpaired) electrons. The zero-order valence-corrected chi connectivity index (χ0v) is 10.0. The molecule has 2 N–H and O–H groups in total. The van der Waals surface area contributed by atoms with E-state index in [1.165, 1.54) is 38.9 Å². The maximum Gasteiger partial charge on any atom is 0.0431 e. The molecule has 0 saturated carbocycles. The van der Waals surface area contributed by atoms with Crippen LogP contribution in [0.25, 0.3) is 0 Å². The van der Waals surface area contributed by atoms with Gasteiger partial charge in [0.1, 0.15) is 0 Å². The molecule has 0 amide bonds. The van der Waals surface area contributed by atoms with Gasteiger partial charge in [-0.15, -0.1) is 0 Å². The van der Waals surface area contributed by atoms with Crippen molar-refractivity contribution in [1.29, 1.82) is 0 Å². The number of nitrogens with zero attached hydrogens (tertiary/aromatic N) is 1. The summed E-state index contributed by atoms with van der Waals surface area (Å²) in [5.74, 6) is 0. The molecule has 0 aliphatic carbocycles. The number of hydrogen-bond acceptors (Lipinski definition) is 3. The Morgan fingerprint density at radius 3 is 2.60 bits per heavy atom. The standard InChI is InChI=1S/C12H26N2O/c1-2-8-14-9-5-12(6-10-14)13-7-3-4-11-15/h12-13,15H,2-11H2,1H3. The number of unbranched alkanes of at least 4 members (excludes halogenated alkanes) is 1. The van der Waals surface area contributed by atoms with Crippen molar-refractivity contribution in [2.24, 2.45) is 0 Å². The van der Waals surface area contributed by atoms with Gasteiger partial charge in [-0.2, -0.15) is 0 Å². The van der Waals surface area contributed by atoms with Crippen LogP contribution in [0, 0.1) is 0 Å². The Bertz CT molecular complexity index is 142. The van der Waals surface area contributed by atoms with Gasteiger partial charge >= 0.3 is 0 Å². The van der Waals surface area contributed by atoms with Crippen LogP contribution < -0.4 is 5.32 Å². The molecule has 90 valence electrons. The van der Waals surface area contributed by atoms with Gasteiger partial charge in [-0.05, 0) is 58.3 Å². The van der Waals surface area contributed by atoms with Crippen molar-refractivity contribution in [2.75, 3.05) is 32.8 Å². The third kappa shape index (κ3) is 5.50. The fourth-order valence-corrected chi connectivity index (χ4v) is 2.22. The smallest absolute Gasteiger partial charge is 0.0431 e. The van der Waals surface area contributed by atoms with E-state index >= 15 is 0 Å². The van der Waals surface area contributed by atoms with Gasteiger partial charge < -0.3 is 15.3 Å². The highest BCUT2D eigenvalue weighted by molar-refractivity contribution is 4.76. The molecule has 0 bridgehead atoms. The number of aliphatic hydroxyl groups is 1. The SMILES string of the molecule is CCCN1CCC(NCCCCO)CC1. The molecular weight excluding hydrogens is 188 g/mol. The Balaban J connectivity index is 1.99. The molecule has 0 atom stereocenters. The number of piperidine rings is 1. The molecule has 1 aliphatic rings.